The van der Waals surface area contributed by atoms with Gasteiger partial charge in [0.25, 0.3) is 0 Å². The third-order valence-electron chi connectivity index (χ3n) is 2.55. The highest BCUT2D eigenvalue weighted by atomic mass is 32.2. The minimum Gasteiger partial charge on any atom is -0.480 e. The van der Waals surface area contributed by atoms with Crippen molar-refractivity contribution in [1.29, 1.82) is 0 Å². The summed E-state index contributed by atoms with van der Waals surface area (Å²) >= 11 is 1.06. The fourth-order valence-electron chi connectivity index (χ4n) is 1.38. The summed E-state index contributed by atoms with van der Waals surface area (Å²) in [4.78, 5) is 33.6. The lowest BCUT2D eigenvalue weighted by atomic mass is 10.1. The highest BCUT2D eigenvalue weighted by molar-refractivity contribution is 8.13. The summed E-state index contributed by atoms with van der Waals surface area (Å²) in [6.45, 7) is 3.61. The first-order valence-electron chi connectivity index (χ1n) is 6.25. The summed E-state index contributed by atoms with van der Waals surface area (Å²) in [5.41, 5.74) is 5.34. The molecule has 7 heteroatoms. The molecule has 19 heavy (non-hydrogen) atoms. The standard InChI is InChI=1S/C12H22N2O4S/c1-8(7-19-9(2)15)11(16)14-10(12(17)18)5-3-4-6-13/h8,10H,3-7,13H2,1-2H3,(H,14,16)(H,17,18)/t8?,10-/m0/s1. The van der Waals surface area contributed by atoms with Crippen LogP contribution < -0.4 is 11.1 Å². The van der Waals surface area contributed by atoms with Crippen molar-refractivity contribution >= 4 is 28.8 Å². The Balaban J connectivity index is 4.21. The van der Waals surface area contributed by atoms with Gasteiger partial charge in [0.05, 0.1) is 0 Å². The Hall–Kier alpha value is -1.08. The van der Waals surface area contributed by atoms with Crippen LogP contribution in [0.5, 0.6) is 0 Å². The molecule has 0 aromatic carbocycles. The van der Waals surface area contributed by atoms with Crippen molar-refractivity contribution in [2.45, 2.75) is 39.2 Å². The van der Waals surface area contributed by atoms with Crippen molar-refractivity contribution in [3.63, 3.8) is 0 Å². The highest BCUT2D eigenvalue weighted by Crippen LogP contribution is 2.10. The van der Waals surface area contributed by atoms with Gasteiger partial charge in [0.2, 0.25) is 5.91 Å². The van der Waals surface area contributed by atoms with E-state index in [-0.39, 0.29) is 11.0 Å². The fraction of sp³-hybridized carbons (Fsp3) is 0.750. The molecule has 2 atom stereocenters. The maximum absolute atomic E-state index is 11.8. The molecule has 0 fully saturated rings. The Kier molecular flexibility index (Phi) is 9.24. The molecule has 0 aliphatic carbocycles. The van der Waals surface area contributed by atoms with Crippen LogP contribution in [0.25, 0.3) is 0 Å². The summed E-state index contributed by atoms with van der Waals surface area (Å²) in [5.74, 6) is -1.42. The average Bonchev–Trinajstić information content (AvgIpc) is 2.34. The second-order valence-corrected chi connectivity index (χ2v) is 5.58. The van der Waals surface area contributed by atoms with Gasteiger partial charge in [-0.15, -0.1) is 0 Å². The third kappa shape index (κ3) is 8.61. The second-order valence-electron chi connectivity index (χ2n) is 4.39. The van der Waals surface area contributed by atoms with Crippen LogP contribution in [0.1, 0.15) is 33.1 Å². The Morgan fingerprint density at radius 1 is 1.32 bits per heavy atom. The molecule has 0 spiro atoms. The van der Waals surface area contributed by atoms with Crippen molar-refractivity contribution in [3.05, 3.63) is 0 Å². The first kappa shape index (κ1) is 17.9. The number of nitrogens with two attached hydrogens (primary N) is 1. The van der Waals surface area contributed by atoms with Crippen molar-refractivity contribution in [1.82, 2.24) is 5.32 Å². The highest BCUT2D eigenvalue weighted by Gasteiger charge is 2.22. The van der Waals surface area contributed by atoms with Crippen molar-refractivity contribution < 1.29 is 19.5 Å². The average molecular weight is 290 g/mol. The summed E-state index contributed by atoms with van der Waals surface area (Å²) < 4.78 is 0. The van der Waals surface area contributed by atoms with Crippen LogP contribution in [0.4, 0.5) is 0 Å². The van der Waals surface area contributed by atoms with Gasteiger partial charge in [-0.05, 0) is 25.8 Å². The molecular formula is C12H22N2O4S. The minimum absolute atomic E-state index is 0.0580. The minimum atomic E-state index is -1.04. The number of hydrogen-bond donors (Lipinski definition) is 3. The number of rotatable bonds is 9. The molecule has 0 saturated heterocycles. The molecule has 0 aromatic rings. The molecule has 110 valence electrons. The molecule has 0 bridgehead atoms. The van der Waals surface area contributed by atoms with Crippen LogP contribution in [0.15, 0.2) is 0 Å². The largest absolute Gasteiger partial charge is 0.480 e. The van der Waals surface area contributed by atoms with E-state index >= 15 is 0 Å². The number of carboxylic acids is 1. The maximum atomic E-state index is 11.8. The maximum Gasteiger partial charge on any atom is 0.326 e. The monoisotopic (exact) mass is 290 g/mol. The molecule has 0 heterocycles. The van der Waals surface area contributed by atoms with Gasteiger partial charge >= 0.3 is 5.97 Å². The van der Waals surface area contributed by atoms with Crippen molar-refractivity contribution in [2.24, 2.45) is 11.7 Å². The van der Waals surface area contributed by atoms with Gasteiger partial charge in [0, 0.05) is 18.6 Å². The normalized spacial score (nSPS) is 13.6. The Morgan fingerprint density at radius 3 is 2.42 bits per heavy atom. The number of nitrogens with one attached hydrogen (secondary N) is 1. The van der Waals surface area contributed by atoms with E-state index in [0.29, 0.717) is 25.1 Å². The molecule has 0 radical (unpaired) electrons. The van der Waals surface area contributed by atoms with Crippen LogP contribution in [0.3, 0.4) is 0 Å². The SMILES string of the molecule is CC(=O)SCC(C)C(=O)N[C@@H](CCCCN)C(=O)O. The number of carboxylic acid groups (broad SMARTS) is 1. The number of amides is 1. The predicted octanol–water partition coefficient (Wildman–Crippen LogP) is 0.601. The van der Waals surface area contributed by atoms with E-state index in [1.165, 1.54) is 6.92 Å². The topological polar surface area (TPSA) is 109 Å². The van der Waals surface area contributed by atoms with Crippen molar-refractivity contribution in [3.8, 4) is 0 Å². The molecule has 6 nitrogen and oxygen atoms in total. The van der Waals surface area contributed by atoms with E-state index < -0.39 is 17.9 Å². The van der Waals surface area contributed by atoms with Gasteiger partial charge in [-0.2, -0.15) is 0 Å². The molecule has 1 amide bonds. The zero-order chi connectivity index (χ0) is 14.8. The molecule has 0 aliphatic rings. The van der Waals surface area contributed by atoms with Crippen LogP contribution in [-0.4, -0.2) is 40.4 Å². The van der Waals surface area contributed by atoms with Gasteiger partial charge in [-0.3, -0.25) is 9.59 Å². The summed E-state index contributed by atoms with van der Waals surface area (Å²) in [6, 6.07) is -0.885. The molecule has 1 unspecified atom stereocenters. The predicted molar refractivity (Wildman–Crippen MR) is 74.8 cm³/mol. The van der Waals surface area contributed by atoms with Crippen molar-refractivity contribution in [2.75, 3.05) is 12.3 Å². The number of carbonyl (C=O) groups excluding carboxylic acids is 2. The number of aliphatic carboxylic acids is 1. The lowest BCUT2D eigenvalue weighted by Crippen LogP contribution is -2.43. The van der Waals surface area contributed by atoms with Gasteiger partial charge in [-0.1, -0.05) is 18.7 Å². The lowest BCUT2D eigenvalue weighted by molar-refractivity contribution is -0.142. The van der Waals surface area contributed by atoms with E-state index in [1.807, 2.05) is 0 Å². The van der Waals surface area contributed by atoms with E-state index in [4.69, 9.17) is 10.8 Å². The Bertz CT molecular complexity index is 323. The summed E-state index contributed by atoms with van der Waals surface area (Å²) in [7, 11) is 0. The lowest BCUT2D eigenvalue weighted by Gasteiger charge is -2.17. The van der Waals surface area contributed by atoms with E-state index in [9.17, 15) is 14.4 Å². The molecule has 0 aliphatic heterocycles. The number of carbonyl (C=O) groups is 3. The van der Waals surface area contributed by atoms with Gasteiger partial charge in [-0.25, -0.2) is 4.79 Å². The Morgan fingerprint density at radius 2 is 1.95 bits per heavy atom. The Labute approximate surface area is 117 Å². The number of unbranched alkanes of at least 4 members (excludes halogenated alkanes) is 1. The van der Waals surface area contributed by atoms with Crippen LogP contribution >= 0.6 is 11.8 Å². The zero-order valence-corrected chi connectivity index (χ0v) is 12.2. The molecule has 0 rings (SSSR count). The number of hydrogen-bond acceptors (Lipinski definition) is 5. The molecule has 4 N–H and O–H groups in total. The van der Waals surface area contributed by atoms with Gasteiger partial charge < -0.3 is 16.2 Å². The van der Waals surface area contributed by atoms with E-state index in [2.05, 4.69) is 5.32 Å². The van der Waals surface area contributed by atoms with Crippen LogP contribution in [0.2, 0.25) is 0 Å². The van der Waals surface area contributed by atoms with Gasteiger partial charge in [0.1, 0.15) is 6.04 Å². The fourth-order valence-corrected chi connectivity index (χ4v) is 2.02. The van der Waals surface area contributed by atoms with Gasteiger partial charge in [0.15, 0.2) is 5.12 Å². The first-order chi connectivity index (χ1) is 8.88. The van der Waals surface area contributed by atoms with E-state index in [1.54, 1.807) is 6.92 Å². The first-order valence-corrected chi connectivity index (χ1v) is 7.23. The van der Waals surface area contributed by atoms with E-state index in [0.717, 1.165) is 18.2 Å². The number of thioether (sulfide) groups is 1. The second kappa shape index (κ2) is 9.80. The quantitative estimate of drug-likeness (QED) is 0.536. The smallest absolute Gasteiger partial charge is 0.326 e. The third-order valence-corrected chi connectivity index (χ3v) is 3.62. The molecule has 0 saturated carbocycles. The molecular weight excluding hydrogens is 268 g/mol. The van der Waals surface area contributed by atoms with Crippen LogP contribution in [-0.2, 0) is 14.4 Å². The zero-order valence-electron chi connectivity index (χ0n) is 11.3. The molecule has 0 aromatic heterocycles. The van der Waals surface area contributed by atoms with Crippen LogP contribution in [0, 0.1) is 5.92 Å². The summed E-state index contributed by atoms with van der Waals surface area (Å²) in [6.07, 6.45) is 1.75. The summed E-state index contributed by atoms with van der Waals surface area (Å²) in [5, 5.41) is 11.5.